The van der Waals surface area contributed by atoms with Crippen molar-refractivity contribution in [3.05, 3.63) is 265 Å². The molecule has 6 nitrogen and oxygen atoms in total. The topological polar surface area (TPSA) is 61.4 Å². The monoisotopic (exact) mass is 1020 g/mol. The predicted octanol–water partition coefficient (Wildman–Crippen LogP) is 18.4. The van der Waals surface area contributed by atoms with E-state index in [4.69, 9.17) is 19.9 Å². The van der Waals surface area contributed by atoms with E-state index in [9.17, 15) is 0 Å². The van der Waals surface area contributed by atoms with Gasteiger partial charge < -0.3 is 0 Å². The molecule has 6 heteroatoms. The van der Waals surface area contributed by atoms with Crippen LogP contribution in [0.25, 0.3) is 134 Å². The summed E-state index contributed by atoms with van der Waals surface area (Å²) in [4.78, 5) is 21.3. The minimum absolute atomic E-state index is 0.276. The van der Waals surface area contributed by atoms with Crippen molar-refractivity contribution in [1.82, 2.24) is 29.1 Å². The molecule has 0 aliphatic heterocycles. The van der Waals surface area contributed by atoms with Gasteiger partial charge in [0.1, 0.15) is 5.82 Å². The van der Waals surface area contributed by atoms with Gasteiger partial charge in [0.05, 0.1) is 39.1 Å². The number of hydrogen-bond donors (Lipinski definition) is 0. The second kappa shape index (κ2) is 17.2. The van der Waals surface area contributed by atoms with Crippen molar-refractivity contribution in [1.29, 1.82) is 0 Å². The third-order valence-corrected chi connectivity index (χ3v) is 17.3. The fraction of sp³-hybridized carbons (Fsp3) is 0.0811. The molecule has 4 aromatic heterocycles. The van der Waals surface area contributed by atoms with Crippen LogP contribution in [0.2, 0.25) is 0 Å². The Morgan fingerprint density at radius 2 is 0.850 bits per heavy atom. The highest BCUT2D eigenvalue weighted by Crippen LogP contribution is 2.57. The molecule has 0 amide bonds. The van der Waals surface area contributed by atoms with E-state index in [0.29, 0.717) is 11.8 Å². The van der Waals surface area contributed by atoms with Gasteiger partial charge in [-0.2, -0.15) is 0 Å². The highest BCUT2D eigenvalue weighted by Gasteiger charge is 2.42. The number of benzene rings is 10. The molecule has 0 saturated heterocycles. The first-order valence-corrected chi connectivity index (χ1v) is 27.6. The zero-order valence-corrected chi connectivity index (χ0v) is 44.8. The molecule has 0 saturated carbocycles. The molecule has 2 aliphatic rings. The first-order valence-electron chi connectivity index (χ1n) is 27.6. The Balaban J connectivity index is 0.849. The summed E-state index contributed by atoms with van der Waals surface area (Å²) in [6.07, 6.45) is 0. The molecule has 0 atom stereocenters. The van der Waals surface area contributed by atoms with E-state index in [1.807, 2.05) is 6.07 Å². The van der Waals surface area contributed by atoms with E-state index >= 15 is 0 Å². The maximum absolute atomic E-state index is 5.37. The van der Waals surface area contributed by atoms with Crippen molar-refractivity contribution in [2.24, 2.45) is 0 Å². The van der Waals surface area contributed by atoms with E-state index in [0.717, 1.165) is 67.2 Å². The standard InChI is InChI=1S/C74H52N6/c1-73(2)58-38-36-49(40-55(58)56-41-57-51-30-17-19-34-63(51)80(66(57)42-59(56)73)72-76-60(45-22-9-5-10-23-45)43-61(77-72)46-24-11-6-12-25-46)50-32-21-33-52-53-37-39-65-68(70(53)74(3,4)69(50)52)54-31-18-20-35-64(54)79(65)67-44-62(47-26-13-7-14-27-47)75-71(78-67)48-28-15-8-16-29-48/h5-44H,1-4H3. The fourth-order valence-electron chi connectivity index (χ4n) is 13.7. The second-order valence-corrected chi connectivity index (χ2v) is 22.6. The molecule has 80 heavy (non-hydrogen) atoms. The van der Waals surface area contributed by atoms with Crippen molar-refractivity contribution in [2.75, 3.05) is 0 Å². The Hall–Kier alpha value is -10.0. The Kier molecular flexibility index (Phi) is 9.93. The maximum atomic E-state index is 5.37. The molecule has 4 heterocycles. The van der Waals surface area contributed by atoms with Gasteiger partial charge in [0.2, 0.25) is 5.95 Å². The molecule has 16 rings (SSSR count). The third kappa shape index (κ3) is 6.78. The SMILES string of the molecule is CC1(C)c2ccc(-c3cccc4c3C(C)(C)c3c-4ccc4c3c3ccccc3n4-c3cc(-c4ccccc4)nc(-c4ccccc4)n3)cc2-c2cc3c4ccccc4n(-c4nc(-c5ccccc5)cc(-c5ccccc5)n4)c3cc21. The van der Waals surface area contributed by atoms with Crippen molar-refractivity contribution in [2.45, 2.75) is 38.5 Å². The van der Waals surface area contributed by atoms with Gasteiger partial charge in [-0.3, -0.25) is 9.13 Å². The van der Waals surface area contributed by atoms with Gasteiger partial charge >= 0.3 is 0 Å². The Morgan fingerprint density at radius 1 is 0.300 bits per heavy atom. The lowest BCUT2D eigenvalue weighted by atomic mass is 9.77. The number of aromatic nitrogens is 6. The normalized spacial score (nSPS) is 13.7. The largest absolute Gasteiger partial charge is 0.294 e. The lowest BCUT2D eigenvalue weighted by molar-refractivity contribution is 0.660. The van der Waals surface area contributed by atoms with Crippen LogP contribution in [0.15, 0.2) is 243 Å². The van der Waals surface area contributed by atoms with Gasteiger partial charge in [0.15, 0.2) is 5.82 Å². The minimum Gasteiger partial charge on any atom is -0.294 e. The van der Waals surface area contributed by atoms with Crippen LogP contribution in [0.4, 0.5) is 0 Å². The summed E-state index contributed by atoms with van der Waals surface area (Å²) in [7, 11) is 0. The van der Waals surface area contributed by atoms with Crippen molar-refractivity contribution in [3.63, 3.8) is 0 Å². The van der Waals surface area contributed by atoms with Gasteiger partial charge in [-0.05, 0) is 98.1 Å². The van der Waals surface area contributed by atoms with E-state index < -0.39 is 0 Å². The molecule has 0 fully saturated rings. The average Bonchev–Trinajstić information content (AvgIpc) is 3.96. The van der Waals surface area contributed by atoms with Crippen LogP contribution >= 0.6 is 0 Å². The first kappa shape index (κ1) is 46.1. The molecule has 0 spiro atoms. The molecule has 2 aliphatic carbocycles. The van der Waals surface area contributed by atoms with Crippen molar-refractivity contribution >= 4 is 43.6 Å². The molecule has 10 aromatic carbocycles. The Labute approximate surface area is 464 Å². The molecule has 14 aromatic rings. The van der Waals surface area contributed by atoms with Gasteiger partial charge in [-0.25, -0.2) is 19.9 Å². The zero-order chi connectivity index (χ0) is 53.4. The van der Waals surface area contributed by atoms with Gasteiger partial charge in [0.25, 0.3) is 0 Å². The quantitative estimate of drug-likeness (QED) is 0.160. The summed E-state index contributed by atoms with van der Waals surface area (Å²) in [5, 5.41) is 4.81. The van der Waals surface area contributed by atoms with Crippen LogP contribution in [0.3, 0.4) is 0 Å². The van der Waals surface area contributed by atoms with E-state index in [2.05, 4.69) is 273 Å². The van der Waals surface area contributed by atoms with Crippen LogP contribution in [0, 0.1) is 0 Å². The summed E-state index contributed by atoms with van der Waals surface area (Å²) < 4.78 is 4.64. The highest BCUT2D eigenvalue weighted by molar-refractivity contribution is 6.15. The predicted molar refractivity (Wildman–Crippen MR) is 329 cm³/mol. The zero-order valence-electron chi connectivity index (χ0n) is 44.8. The number of nitrogens with zero attached hydrogens (tertiary/aromatic N) is 6. The molecule has 0 unspecified atom stereocenters. The molecule has 0 bridgehead atoms. The van der Waals surface area contributed by atoms with Crippen LogP contribution < -0.4 is 0 Å². The summed E-state index contributed by atoms with van der Waals surface area (Å²) in [5.74, 6) is 2.18. The number of para-hydroxylation sites is 2. The lowest BCUT2D eigenvalue weighted by Gasteiger charge is -2.26. The van der Waals surface area contributed by atoms with Crippen molar-refractivity contribution < 1.29 is 0 Å². The highest BCUT2D eigenvalue weighted by atomic mass is 15.2. The second-order valence-electron chi connectivity index (χ2n) is 22.6. The van der Waals surface area contributed by atoms with Crippen LogP contribution in [0.5, 0.6) is 0 Å². The molecule has 378 valence electrons. The molecular formula is C74H52N6. The Morgan fingerprint density at radius 3 is 1.51 bits per heavy atom. The minimum atomic E-state index is -0.365. The maximum Gasteiger partial charge on any atom is 0.235 e. The van der Waals surface area contributed by atoms with E-state index in [-0.39, 0.29) is 10.8 Å². The summed E-state index contributed by atoms with van der Waals surface area (Å²) in [6, 6.07) is 87.2. The number of hydrogen-bond acceptors (Lipinski definition) is 4. The van der Waals surface area contributed by atoms with E-state index in [1.54, 1.807) is 0 Å². The summed E-state index contributed by atoms with van der Waals surface area (Å²) >= 11 is 0. The molecule has 0 radical (unpaired) electrons. The van der Waals surface area contributed by atoms with Crippen LogP contribution in [-0.4, -0.2) is 29.1 Å². The van der Waals surface area contributed by atoms with Gasteiger partial charge in [-0.1, -0.05) is 222 Å². The number of fused-ring (bicyclic) bond motifs is 13. The third-order valence-electron chi connectivity index (χ3n) is 17.3. The average molecular weight is 1030 g/mol. The summed E-state index contributed by atoms with van der Waals surface area (Å²) in [5.41, 5.74) is 23.4. The van der Waals surface area contributed by atoms with Crippen molar-refractivity contribution in [3.8, 4) is 90.3 Å². The Bertz CT molecular complexity index is 4740. The van der Waals surface area contributed by atoms with Crippen LogP contribution in [0.1, 0.15) is 49.9 Å². The fourth-order valence-corrected chi connectivity index (χ4v) is 13.7. The molecular weight excluding hydrogens is 973 g/mol. The van der Waals surface area contributed by atoms with Gasteiger partial charge in [-0.15, -0.1) is 0 Å². The van der Waals surface area contributed by atoms with E-state index in [1.165, 1.54) is 77.2 Å². The molecule has 0 N–H and O–H groups in total. The van der Waals surface area contributed by atoms with Crippen LogP contribution in [-0.2, 0) is 10.8 Å². The summed E-state index contributed by atoms with van der Waals surface area (Å²) in [6.45, 7) is 9.62. The smallest absolute Gasteiger partial charge is 0.235 e. The lowest BCUT2D eigenvalue weighted by Crippen LogP contribution is -2.17. The first-order chi connectivity index (χ1) is 39.2. The van der Waals surface area contributed by atoms with Gasteiger partial charge in [0, 0.05) is 60.7 Å². The number of rotatable bonds is 7.